The molecule has 3 rings (SSSR count). The van der Waals surface area contributed by atoms with Gasteiger partial charge in [0.15, 0.2) is 0 Å². The van der Waals surface area contributed by atoms with Gasteiger partial charge < -0.3 is 5.32 Å². The van der Waals surface area contributed by atoms with Crippen LogP contribution in [0.15, 0.2) is 89.8 Å². The monoisotopic (exact) mass is 422 g/mol. The summed E-state index contributed by atoms with van der Waals surface area (Å²) in [6, 6.07) is 26.5. The van der Waals surface area contributed by atoms with Gasteiger partial charge in [0.1, 0.15) is 0 Å². The molecule has 1 N–H and O–H groups in total. The van der Waals surface area contributed by atoms with Crippen molar-refractivity contribution in [1.82, 2.24) is 9.62 Å². The van der Waals surface area contributed by atoms with Gasteiger partial charge in [-0.05, 0) is 41.8 Å². The number of benzene rings is 3. The van der Waals surface area contributed by atoms with Gasteiger partial charge in [-0.3, -0.25) is 4.79 Å². The summed E-state index contributed by atoms with van der Waals surface area (Å²) >= 11 is 0. The van der Waals surface area contributed by atoms with Gasteiger partial charge in [-0.1, -0.05) is 60.7 Å². The van der Waals surface area contributed by atoms with Crippen LogP contribution in [-0.2, 0) is 10.0 Å². The molecule has 0 aliphatic carbocycles. The highest BCUT2D eigenvalue weighted by Gasteiger charge is 2.18. The predicted molar refractivity (Wildman–Crippen MR) is 119 cm³/mol. The van der Waals surface area contributed by atoms with E-state index in [9.17, 15) is 13.2 Å². The molecule has 0 aromatic heterocycles. The highest BCUT2D eigenvalue weighted by molar-refractivity contribution is 7.89. The van der Waals surface area contributed by atoms with Gasteiger partial charge >= 0.3 is 0 Å². The Bertz CT molecular complexity index is 1020. The summed E-state index contributed by atoms with van der Waals surface area (Å²) in [5.74, 6) is -0.0380. The standard InChI is InChI=1S/C24H26N2O3S/c1-26(2)30(28,29)22-15-13-21(14-16-22)24(27)25-18-17-23(19-9-5-3-6-10-19)20-11-7-4-8-12-20/h3-16,23H,17-18H2,1-2H3,(H,25,27). The first-order valence-corrected chi connectivity index (χ1v) is 11.2. The van der Waals surface area contributed by atoms with E-state index in [2.05, 4.69) is 29.6 Å². The van der Waals surface area contributed by atoms with E-state index in [0.29, 0.717) is 12.1 Å². The fourth-order valence-electron chi connectivity index (χ4n) is 3.32. The summed E-state index contributed by atoms with van der Waals surface area (Å²) in [7, 11) is -0.551. The Morgan fingerprint density at radius 3 is 1.80 bits per heavy atom. The SMILES string of the molecule is CN(C)S(=O)(=O)c1ccc(C(=O)NCCC(c2ccccc2)c2ccccc2)cc1. The van der Waals surface area contributed by atoms with E-state index < -0.39 is 10.0 Å². The molecule has 5 nitrogen and oxygen atoms in total. The number of nitrogens with one attached hydrogen (secondary N) is 1. The van der Waals surface area contributed by atoms with Crippen LogP contribution < -0.4 is 5.32 Å². The summed E-state index contributed by atoms with van der Waals surface area (Å²) in [5, 5.41) is 2.95. The number of hydrogen-bond donors (Lipinski definition) is 1. The van der Waals surface area contributed by atoms with E-state index in [0.717, 1.165) is 10.7 Å². The second-order valence-corrected chi connectivity index (χ2v) is 9.38. The van der Waals surface area contributed by atoms with Crippen LogP contribution >= 0.6 is 0 Å². The molecular formula is C24H26N2O3S. The molecule has 0 bridgehead atoms. The maximum absolute atomic E-state index is 12.5. The number of hydrogen-bond acceptors (Lipinski definition) is 3. The van der Waals surface area contributed by atoms with Gasteiger partial charge in [-0.2, -0.15) is 0 Å². The fourth-order valence-corrected chi connectivity index (χ4v) is 4.22. The molecule has 0 heterocycles. The lowest BCUT2D eigenvalue weighted by atomic mass is 9.88. The van der Waals surface area contributed by atoms with E-state index in [-0.39, 0.29) is 16.7 Å². The zero-order valence-corrected chi connectivity index (χ0v) is 18.0. The third-order valence-electron chi connectivity index (χ3n) is 5.02. The molecule has 6 heteroatoms. The van der Waals surface area contributed by atoms with Crippen LogP contribution in [0.25, 0.3) is 0 Å². The molecule has 0 radical (unpaired) electrons. The first kappa shape index (κ1) is 21.7. The Labute approximate surface area is 178 Å². The molecule has 1 amide bonds. The first-order valence-electron chi connectivity index (χ1n) is 9.80. The van der Waals surface area contributed by atoms with Gasteiger partial charge in [0.2, 0.25) is 10.0 Å². The summed E-state index contributed by atoms with van der Waals surface area (Å²) in [6.07, 6.45) is 0.757. The summed E-state index contributed by atoms with van der Waals surface area (Å²) in [5.41, 5.74) is 2.84. The van der Waals surface area contributed by atoms with Crippen molar-refractivity contribution in [3.05, 3.63) is 102 Å². The van der Waals surface area contributed by atoms with Crippen molar-refractivity contribution in [2.24, 2.45) is 0 Å². The lowest BCUT2D eigenvalue weighted by Crippen LogP contribution is -2.26. The summed E-state index contributed by atoms with van der Waals surface area (Å²) < 4.78 is 25.5. The molecule has 0 aliphatic heterocycles. The quantitative estimate of drug-likeness (QED) is 0.599. The van der Waals surface area contributed by atoms with Crippen molar-refractivity contribution in [1.29, 1.82) is 0 Å². The smallest absolute Gasteiger partial charge is 0.251 e. The van der Waals surface area contributed by atoms with Gasteiger partial charge in [0.25, 0.3) is 5.91 Å². The lowest BCUT2D eigenvalue weighted by Gasteiger charge is -2.18. The van der Waals surface area contributed by atoms with E-state index in [1.807, 2.05) is 36.4 Å². The van der Waals surface area contributed by atoms with E-state index >= 15 is 0 Å². The number of nitrogens with zero attached hydrogens (tertiary/aromatic N) is 1. The average Bonchev–Trinajstić information content (AvgIpc) is 2.77. The molecule has 0 spiro atoms. The Hall–Kier alpha value is -2.96. The van der Waals surface area contributed by atoms with E-state index in [1.54, 1.807) is 0 Å². The second-order valence-electron chi connectivity index (χ2n) is 7.23. The van der Waals surface area contributed by atoms with Gasteiger partial charge in [-0.15, -0.1) is 0 Å². The first-order chi connectivity index (χ1) is 14.4. The molecule has 3 aromatic carbocycles. The molecule has 156 valence electrons. The van der Waals surface area contributed by atoms with E-state index in [1.165, 1.54) is 49.5 Å². The Kier molecular flexibility index (Phi) is 7.03. The normalized spacial score (nSPS) is 11.6. The van der Waals surface area contributed by atoms with Gasteiger partial charge in [-0.25, -0.2) is 12.7 Å². The molecule has 0 fully saturated rings. The molecule has 0 saturated carbocycles. The molecule has 3 aromatic rings. The molecule has 0 aliphatic rings. The van der Waals surface area contributed by atoms with Crippen LogP contribution in [0, 0.1) is 0 Å². The Morgan fingerprint density at radius 1 is 0.833 bits per heavy atom. The third kappa shape index (κ3) is 5.14. The number of amides is 1. The Balaban J connectivity index is 1.66. The van der Waals surface area contributed by atoms with Crippen molar-refractivity contribution in [2.75, 3.05) is 20.6 Å². The van der Waals surface area contributed by atoms with Crippen molar-refractivity contribution in [3.8, 4) is 0 Å². The summed E-state index contributed by atoms with van der Waals surface area (Å²) in [4.78, 5) is 12.7. The van der Waals surface area contributed by atoms with Crippen molar-refractivity contribution < 1.29 is 13.2 Å². The highest BCUT2D eigenvalue weighted by Crippen LogP contribution is 2.27. The van der Waals surface area contributed by atoms with Crippen molar-refractivity contribution in [3.63, 3.8) is 0 Å². The van der Waals surface area contributed by atoms with Gasteiger partial charge in [0.05, 0.1) is 4.90 Å². The number of rotatable bonds is 8. The topological polar surface area (TPSA) is 66.5 Å². The number of carbonyl (C=O) groups is 1. The largest absolute Gasteiger partial charge is 0.352 e. The summed E-state index contributed by atoms with van der Waals surface area (Å²) in [6.45, 7) is 0.505. The fraction of sp³-hybridized carbons (Fsp3) is 0.208. The minimum atomic E-state index is -3.51. The zero-order valence-electron chi connectivity index (χ0n) is 17.2. The van der Waals surface area contributed by atoms with Crippen LogP contribution in [0.2, 0.25) is 0 Å². The number of carbonyl (C=O) groups excluding carboxylic acids is 1. The second kappa shape index (κ2) is 9.69. The predicted octanol–water partition coefficient (Wildman–Crippen LogP) is 3.89. The average molecular weight is 423 g/mol. The maximum Gasteiger partial charge on any atom is 0.251 e. The zero-order chi connectivity index (χ0) is 21.6. The van der Waals surface area contributed by atoms with Crippen LogP contribution in [-0.4, -0.2) is 39.3 Å². The molecular weight excluding hydrogens is 396 g/mol. The van der Waals surface area contributed by atoms with E-state index in [4.69, 9.17) is 0 Å². The van der Waals surface area contributed by atoms with Crippen LogP contribution in [0.4, 0.5) is 0 Å². The minimum absolute atomic E-state index is 0.164. The Morgan fingerprint density at radius 2 is 1.33 bits per heavy atom. The van der Waals surface area contributed by atoms with Crippen molar-refractivity contribution in [2.45, 2.75) is 17.2 Å². The molecule has 30 heavy (non-hydrogen) atoms. The molecule has 0 atom stereocenters. The van der Waals surface area contributed by atoms with Crippen LogP contribution in [0.3, 0.4) is 0 Å². The molecule has 0 unspecified atom stereocenters. The highest BCUT2D eigenvalue weighted by atomic mass is 32.2. The third-order valence-corrected chi connectivity index (χ3v) is 6.85. The lowest BCUT2D eigenvalue weighted by molar-refractivity contribution is 0.0952. The van der Waals surface area contributed by atoms with Crippen molar-refractivity contribution >= 4 is 15.9 Å². The number of sulfonamides is 1. The minimum Gasteiger partial charge on any atom is -0.352 e. The maximum atomic E-state index is 12.5. The van der Waals surface area contributed by atoms with Crippen LogP contribution in [0.1, 0.15) is 33.8 Å². The molecule has 0 saturated heterocycles. The van der Waals surface area contributed by atoms with Crippen LogP contribution in [0.5, 0.6) is 0 Å². The van der Waals surface area contributed by atoms with Gasteiger partial charge in [0, 0.05) is 32.1 Å².